The van der Waals surface area contributed by atoms with E-state index >= 15 is 0 Å². The van der Waals surface area contributed by atoms with Gasteiger partial charge < -0.3 is 15.2 Å². The highest BCUT2D eigenvalue weighted by molar-refractivity contribution is 7.80. The van der Waals surface area contributed by atoms with Crippen molar-refractivity contribution in [2.24, 2.45) is 11.7 Å². The van der Waals surface area contributed by atoms with Crippen molar-refractivity contribution in [1.29, 1.82) is 0 Å². The van der Waals surface area contributed by atoms with E-state index in [9.17, 15) is 4.79 Å². The molecule has 1 rings (SSSR count). The second kappa shape index (κ2) is 6.49. The lowest BCUT2D eigenvalue weighted by Crippen LogP contribution is -2.38. The largest absolute Gasteiger partial charge is 0.393 e. The van der Waals surface area contributed by atoms with E-state index in [-0.39, 0.29) is 11.5 Å². The van der Waals surface area contributed by atoms with E-state index < -0.39 is 0 Å². The maximum Gasteiger partial charge on any atom is 0.293 e. The summed E-state index contributed by atoms with van der Waals surface area (Å²) in [7, 11) is 0. The van der Waals surface area contributed by atoms with Crippen LogP contribution in [0.15, 0.2) is 17.2 Å². The van der Waals surface area contributed by atoms with E-state index in [2.05, 4.69) is 4.98 Å². The number of anilines is 1. The van der Waals surface area contributed by atoms with Crippen molar-refractivity contribution in [2.75, 3.05) is 18.0 Å². The molecule has 18 heavy (non-hydrogen) atoms. The van der Waals surface area contributed by atoms with E-state index in [1.165, 1.54) is 0 Å². The Labute approximate surface area is 113 Å². The number of nitrogens with two attached hydrogens (primary N) is 1. The molecule has 1 aromatic heterocycles. The zero-order valence-electron chi connectivity index (χ0n) is 11.1. The van der Waals surface area contributed by atoms with Gasteiger partial charge in [-0.25, -0.2) is 4.98 Å². The summed E-state index contributed by atoms with van der Waals surface area (Å²) in [5, 5.41) is 0. The molecule has 0 spiro atoms. The van der Waals surface area contributed by atoms with Crippen molar-refractivity contribution in [3.8, 4) is 0 Å². The molecule has 0 bridgehead atoms. The molecule has 0 aromatic carbocycles. The van der Waals surface area contributed by atoms with Gasteiger partial charge in [-0.2, -0.15) is 0 Å². The average molecular weight is 268 g/mol. The maximum atomic E-state index is 12.1. The van der Waals surface area contributed by atoms with Crippen molar-refractivity contribution in [3.63, 3.8) is 0 Å². The monoisotopic (exact) mass is 268 g/mol. The van der Waals surface area contributed by atoms with Crippen LogP contribution in [0.2, 0.25) is 0 Å². The van der Waals surface area contributed by atoms with Crippen LogP contribution in [0, 0.1) is 5.92 Å². The summed E-state index contributed by atoms with van der Waals surface area (Å²) in [6.45, 7) is 7.81. The summed E-state index contributed by atoms with van der Waals surface area (Å²) in [6, 6.07) is 0. The van der Waals surface area contributed by atoms with Gasteiger partial charge in [0.2, 0.25) is 0 Å². The van der Waals surface area contributed by atoms with Crippen LogP contribution in [0.25, 0.3) is 0 Å². The highest BCUT2D eigenvalue weighted by atomic mass is 32.1. The summed E-state index contributed by atoms with van der Waals surface area (Å²) in [6.07, 6.45) is 3.34. The van der Waals surface area contributed by atoms with Gasteiger partial charge in [-0.05, 0) is 13.8 Å². The van der Waals surface area contributed by atoms with Crippen LogP contribution < -0.4 is 16.2 Å². The third-order valence-electron chi connectivity index (χ3n) is 2.90. The molecule has 0 aliphatic heterocycles. The van der Waals surface area contributed by atoms with Crippen LogP contribution in [-0.4, -0.2) is 27.6 Å². The molecule has 1 atom stereocenters. The van der Waals surface area contributed by atoms with Crippen LogP contribution in [0.3, 0.4) is 0 Å². The van der Waals surface area contributed by atoms with Gasteiger partial charge in [0.1, 0.15) is 0 Å². The second-order valence-electron chi connectivity index (χ2n) is 4.18. The van der Waals surface area contributed by atoms with E-state index in [0.717, 1.165) is 0 Å². The Balaban J connectivity index is 3.02. The fourth-order valence-electron chi connectivity index (χ4n) is 1.69. The molecule has 0 fully saturated rings. The first-order valence-corrected chi connectivity index (χ1v) is 6.51. The zero-order valence-corrected chi connectivity index (χ0v) is 11.9. The minimum absolute atomic E-state index is 0.0523. The van der Waals surface area contributed by atoms with Crippen molar-refractivity contribution in [3.05, 3.63) is 22.7 Å². The Kier molecular flexibility index (Phi) is 5.27. The van der Waals surface area contributed by atoms with E-state index in [1.54, 1.807) is 17.0 Å². The van der Waals surface area contributed by atoms with Gasteiger partial charge in [-0.3, -0.25) is 4.79 Å². The van der Waals surface area contributed by atoms with E-state index in [1.807, 2.05) is 25.7 Å². The molecule has 5 nitrogen and oxygen atoms in total. The number of hydrogen-bond acceptors (Lipinski definition) is 4. The molecule has 2 N–H and O–H groups in total. The molecule has 0 aliphatic carbocycles. The highest BCUT2D eigenvalue weighted by Crippen LogP contribution is 2.07. The Bertz CT molecular complexity index is 471. The predicted molar refractivity (Wildman–Crippen MR) is 78.0 cm³/mol. The molecule has 0 saturated heterocycles. The Morgan fingerprint density at radius 2 is 2.28 bits per heavy atom. The topological polar surface area (TPSA) is 64.2 Å². The first-order chi connectivity index (χ1) is 8.51. The SMILES string of the molecule is CCN(CC(C)C(N)=S)c1nccn(CC)c1=O. The molecule has 0 amide bonds. The number of thiocarbonyl (C=S) groups is 1. The second-order valence-corrected chi connectivity index (χ2v) is 4.66. The molecule has 0 saturated carbocycles. The summed E-state index contributed by atoms with van der Waals surface area (Å²) in [4.78, 5) is 18.7. The lowest BCUT2D eigenvalue weighted by Gasteiger charge is -2.24. The molecular weight excluding hydrogens is 248 g/mol. The summed E-state index contributed by atoms with van der Waals surface area (Å²) >= 11 is 4.96. The Hall–Kier alpha value is -1.43. The molecular formula is C12H20N4OS. The first-order valence-electron chi connectivity index (χ1n) is 6.10. The van der Waals surface area contributed by atoms with Gasteiger partial charge in [0.15, 0.2) is 5.82 Å². The van der Waals surface area contributed by atoms with Gasteiger partial charge >= 0.3 is 0 Å². The van der Waals surface area contributed by atoms with Gasteiger partial charge in [-0.15, -0.1) is 0 Å². The zero-order chi connectivity index (χ0) is 13.7. The lowest BCUT2D eigenvalue weighted by atomic mass is 10.1. The fraction of sp³-hybridized carbons (Fsp3) is 0.583. The highest BCUT2D eigenvalue weighted by Gasteiger charge is 2.16. The molecule has 1 unspecified atom stereocenters. The minimum Gasteiger partial charge on any atom is -0.393 e. The average Bonchev–Trinajstić information content (AvgIpc) is 2.36. The van der Waals surface area contributed by atoms with Crippen molar-refractivity contribution in [2.45, 2.75) is 27.3 Å². The Morgan fingerprint density at radius 3 is 2.78 bits per heavy atom. The quantitative estimate of drug-likeness (QED) is 0.780. The number of aromatic nitrogens is 2. The van der Waals surface area contributed by atoms with Gasteiger partial charge in [0, 0.05) is 37.9 Å². The third kappa shape index (κ3) is 3.29. The number of nitrogens with zero attached hydrogens (tertiary/aromatic N) is 3. The molecule has 1 heterocycles. The van der Waals surface area contributed by atoms with Gasteiger partial charge in [-0.1, -0.05) is 19.1 Å². The summed E-state index contributed by atoms with van der Waals surface area (Å²) < 4.78 is 1.64. The predicted octanol–water partition coefficient (Wildman–Crippen LogP) is 1.01. The molecule has 0 aliphatic rings. The number of aryl methyl sites for hydroxylation is 1. The lowest BCUT2D eigenvalue weighted by molar-refractivity contribution is 0.669. The molecule has 0 radical (unpaired) electrons. The van der Waals surface area contributed by atoms with Crippen LogP contribution >= 0.6 is 12.2 Å². The number of rotatable bonds is 6. The van der Waals surface area contributed by atoms with E-state index in [4.69, 9.17) is 18.0 Å². The Morgan fingerprint density at radius 1 is 1.61 bits per heavy atom. The van der Waals surface area contributed by atoms with Crippen molar-refractivity contribution < 1.29 is 0 Å². The number of hydrogen-bond donors (Lipinski definition) is 1. The third-order valence-corrected chi connectivity index (χ3v) is 3.30. The van der Waals surface area contributed by atoms with Crippen LogP contribution in [0.1, 0.15) is 20.8 Å². The van der Waals surface area contributed by atoms with Gasteiger partial charge in [0.05, 0.1) is 4.99 Å². The maximum absolute atomic E-state index is 12.1. The van der Waals surface area contributed by atoms with E-state index in [0.29, 0.717) is 30.4 Å². The minimum atomic E-state index is -0.0722. The normalized spacial score (nSPS) is 12.2. The van der Waals surface area contributed by atoms with Gasteiger partial charge in [0.25, 0.3) is 5.56 Å². The molecule has 6 heteroatoms. The van der Waals surface area contributed by atoms with Crippen molar-refractivity contribution in [1.82, 2.24) is 9.55 Å². The first kappa shape index (κ1) is 14.6. The molecule has 100 valence electrons. The molecule has 1 aromatic rings. The smallest absolute Gasteiger partial charge is 0.293 e. The van der Waals surface area contributed by atoms with Crippen LogP contribution in [-0.2, 0) is 6.54 Å². The standard InChI is InChI=1S/C12H20N4OS/c1-4-15-7-6-14-11(12(15)17)16(5-2)8-9(3)10(13)18/h6-7,9H,4-5,8H2,1-3H3,(H2,13,18). The van der Waals surface area contributed by atoms with Crippen LogP contribution in [0.4, 0.5) is 5.82 Å². The summed E-state index contributed by atoms with van der Waals surface area (Å²) in [5.41, 5.74) is 5.54. The fourth-order valence-corrected chi connectivity index (χ4v) is 1.76. The van der Waals surface area contributed by atoms with Crippen LogP contribution in [0.5, 0.6) is 0 Å². The van der Waals surface area contributed by atoms with Crippen molar-refractivity contribution >= 4 is 23.0 Å². The summed E-state index contributed by atoms with van der Waals surface area (Å²) in [5.74, 6) is 0.515.